The van der Waals surface area contributed by atoms with E-state index in [1.54, 1.807) is 24.6 Å². The van der Waals surface area contributed by atoms with Gasteiger partial charge in [0.1, 0.15) is 5.75 Å². The van der Waals surface area contributed by atoms with Gasteiger partial charge in [-0.2, -0.15) is 0 Å². The summed E-state index contributed by atoms with van der Waals surface area (Å²) in [4.78, 5) is 15.7. The van der Waals surface area contributed by atoms with Crippen LogP contribution in [0.2, 0.25) is 0 Å². The molecule has 1 aromatic heterocycles. The van der Waals surface area contributed by atoms with Crippen molar-refractivity contribution in [2.45, 2.75) is 423 Å². The summed E-state index contributed by atoms with van der Waals surface area (Å²) < 4.78 is 0. The number of phenolic OH excluding ortho intramolecular Hbond substituents is 1. The van der Waals surface area contributed by atoms with Crippen molar-refractivity contribution in [3.05, 3.63) is 173 Å². The molecule has 1 N–H and O–H groups in total. The monoisotopic (exact) mass is 1510 g/mol. The third-order valence-corrected chi connectivity index (χ3v) is 19.6. The average molecular weight is 1510 g/mol. The van der Waals surface area contributed by atoms with Gasteiger partial charge in [-0.3, -0.25) is 15.0 Å². The molecule has 8 rings (SSSR count). The summed E-state index contributed by atoms with van der Waals surface area (Å²) >= 11 is 1.89. The molecule has 1 atom stereocenters. The number of aromatic hydroxyl groups is 1. The second-order valence-corrected chi connectivity index (χ2v) is 37.0. The summed E-state index contributed by atoms with van der Waals surface area (Å²) in [7, 11) is 0. The molecule has 0 spiro atoms. The fourth-order valence-electron chi connectivity index (χ4n) is 10.9. The van der Waals surface area contributed by atoms with Crippen LogP contribution in [0.25, 0.3) is 0 Å². The summed E-state index contributed by atoms with van der Waals surface area (Å²) in [6.45, 7) is 106. The van der Waals surface area contributed by atoms with E-state index < -0.39 is 0 Å². The van der Waals surface area contributed by atoms with Crippen LogP contribution in [0.3, 0.4) is 0 Å². The van der Waals surface area contributed by atoms with E-state index >= 15 is 0 Å². The molecule has 626 valence electrons. The predicted octanol–water partition coefficient (Wildman–Crippen LogP) is 34.5. The number of aryl methyl sites for hydroxylation is 5. The van der Waals surface area contributed by atoms with Crippen LogP contribution in [0.4, 0.5) is 5.69 Å². The molecule has 5 aromatic rings. The fraction of sp³-hybridized carbons (Fsp3) is 0.703. The molecule has 107 heavy (non-hydrogen) atoms. The van der Waals surface area contributed by atoms with E-state index in [-0.39, 0.29) is 32.3 Å². The minimum atomic E-state index is -0.345. The number of phenols is 1. The normalized spacial score (nSPS) is 15.4. The van der Waals surface area contributed by atoms with E-state index in [4.69, 9.17) is 0 Å². The van der Waals surface area contributed by atoms with Crippen LogP contribution in [-0.4, -0.2) is 33.6 Å². The van der Waals surface area contributed by atoms with E-state index in [2.05, 4.69) is 279 Å². The van der Waals surface area contributed by atoms with E-state index in [0.717, 1.165) is 40.4 Å². The SMILES string of the molecule is CC.CC.CC.CC.CC.CC.CC.CC.CC1CC=C(C(C)(C)C)CC1.CC1CCC(C(C)(C)C)CC1.CC1CCN(C(C)(C)C)CC1.Cc1cc(C(C)(C)C)ccc1O.Cc1cc(C(C)(C)C)ccc1[N+](=O)[O-].Cc1ccc(C(C)(C)C)cc1.Cc1ccc(C(C)(C)C)s1.Cc1cccc(C(C)(C)C)c1. The molecule has 0 radical (unpaired) electrons. The van der Waals surface area contributed by atoms with Crippen molar-refractivity contribution in [1.82, 2.24) is 4.90 Å². The minimum absolute atomic E-state index is 0.0416. The maximum absolute atomic E-state index is 10.6. The third kappa shape index (κ3) is 57.2. The Morgan fingerprint density at radius 3 is 1.07 bits per heavy atom. The van der Waals surface area contributed by atoms with E-state index in [1.165, 1.54) is 108 Å². The van der Waals surface area contributed by atoms with E-state index in [1.807, 2.05) is 153 Å². The fourth-order valence-corrected chi connectivity index (χ4v) is 11.8. The zero-order chi connectivity index (χ0) is 86.5. The summed E-state index contributed by atoms with van der Waals surface area (Å²) in [5.41, 5.74) is 13.9. The van der Waals surface area contributed by atoms with Crippen LogP contribution >= 0.6 is 11.3 Å². The summed E-state index contributed by atoms with van der Waals surface area (Å²) in [6, 6.07) is 32.9. The Morgan fingerprint density at radius 1 is 0.402 bits per heavy atom. The lowest BCUT2D eigenvalue weighted by Crippen LogP contribution is -2.45. The zero-order valence-electron chi connectivity index (χ0n) is 81.0. The Labute approximate surface area is 677 Å². The first-order chi connectivity index (χ1) is 49.2. The van der Waals surface area contributed by atoms with Crippen molar-refractivity contribution < 1.29 is 10.0 Å². The second kappa shape index (κ2) is 61.1. The number of hydrogen-bond acceptors (Lipinski definition) is 5. The smallest absolute Gasteiger partial charge is 0.272 e. The number of rotatable bonds is 1. The molecule has 3 aliphatic rings. The van der Waals surface area contributed by atoms with Crippen molar-refractivity contribution in [2.75, 3.05) is 13.1 Å². The van der Waals surface area contributed by atoms with Crippen molar-refractivity contribution in [3.8, 4) is 5.75 Å². The van der Waals surface area contributed by atoms with Crippen molar-refractivity contribution >= 4 is 17.0 Å². The van der Waals surface area contributed by atoms with Crippen LogP contribution < -0.4 is 0 Å². The molecule has 0 bridgehead atoms. The van der Waals surface area contributed by atoms with E-state index in [9.17, 15) is 15.2 Å². The van der Waals surface area contributed by atoms with Gasteiger partial charge in [-0.05, 0) is 227 Å². The van der Waals surface area contributed by atoms with Gasteiger partial charge < -0.3 is 5.11 Å². The summed E-state index contributed by atoms with van der Waals surface area (Å²) in [5, 5.41) is 19.9. The summed E-state index contributed by atoms with van der Waals surface area (Å²) in [6.07, 6.45) is 15.1. The van der Waals surface area contributed by atoms with Gasteiger partial charge in [-0.15, -0.1) is 11.3 Å². The highest BCUT2D eigenvalue weighted by Crippen LogP contribution is 2.40. The molecular formula is C101H188N2O3S. The number of piperidine rings is 1. The lowest BCUT2D eigenvalue weighted by Gasteiger charge is -2.40. The maximum atomic E-state index is 10.6. The molecule has 2 fully saturated rings. The molecule has 5 nitrogen and oxygen atoms in total. The lowest BCUT2D eigenvalue weighted by molar-refractivity contribution is -0.385. The molecule has 6 heteroatoms. The average Bonchev–Trinajstić information content (AvgIpc) is 1.62. The Balaban J connectivity index is -0.000000170. The quantitative estimate of drug-likeness (QED) is 0.103. The molecule has 0 amide bonds. The highest BCUT2D eigenvalue weighted by molar-refractivity contribution is 7.12. The summed E-state index contributed by atoms with van der Waals surface area (Å²) in [5.74, 6) is 4.23. The molecule has 4 aromatic carbocycles. The Kier molecular flexibility index (Phi) is 67.5. The molecule has 2 heterocycles. The lowest BCUT2D eigenvalue weighted by atomic mass is 9.70. The molecule has 1 saturated carbocycles. The van der Waals surface area contributed by atoms with Gasteiger partial charge in [0.15, 0.2) is 0 Å². The van der Waals surface area contributed by atoms with Crippen molar-refractivity contribution in [1.29, 1.82) is 0 Å². The number of likely N-dealkylation sites (tertiary alicyclic amines) is 1. The molecular weight excluding hydrogens is 1320 g/mol. The molecule has 1 unspecified atom stereocenters. The number of hydrogen-bond donors (Lipinski definition) is 1. The van der Waals surface area contributed by atoms with Crippen molar-refractivity contribution in [2.24, 2.45) is 34.5 Å². The predicted molar refractivity (Wildman–Crippen MR) is 497 cm³/mol. The van der Waals surface area contributed by atoms with Crippen LogP contribution in [0.15, 0.2) is 109 Å². The Bertz CT molecular complexity index is 2870. The maximum Gasteiger partial charge on any atom is 0.272 e. The topological polar surface area (TPSA) is 66.6 Å². The van der Waals surface area contributed by atoms with Crippen LogP contribution in [0.5, 0.6) is 5.75 Å². The van der Waals surface area contributed by atoms with Crippen LogP contribution in [0, 0.1) is 79.2 Å². The standard InChI is InChI=1S/C11H15NO2.C11H16O.C11H22.C11H20.2C11H16.C10H21N.C9H14S.8C2H6/c1-8-7-9(11(2,3)4)5-6-10(8)12(13)14;1-8-7-9(11(2,3)4)5-6-10(8)12;3*1-9-5-7-10(8-6-9)11(2,3)4;1-9-6-5-7-10(8-9)11(2,3)4;1-9-5-7-11(8-6-9)10(2,3)4;1-7-5-6-8(10-7)9(2,3)4;8*1-2/h5-7H,1-4H3;5-7,12H,1-4H3;9-10H,5-8H2,1-4H3;7,9H,5-6,8H2,1-4H3;2*5-8H,1-4H3;9H,5-8H2,1-4H3;5-6H,1-4H3;8*1-2H3. The zero-order valence-corrected chi connectivity index (χ0v) is 81.8. The van der Waals surface area contributed by atoms with Gasteiger partial charge in [-0.1, -0.05) is 379 Å². The van der Waals surface area contributed by atoms with Gasteiger partial charge in [0.05, 0.1) is 4.92 Å². The van der Waals surface area contributed by atoms with Crippen molar-refractivity contribution in [3.63, 3.8) is 0 Å². The first-order valence-corrected chi connectivity index (χ1v) is 43.8. The number of nitro benzene ring substituents is 1. The number of nitrogens with zero attached hydrogens (tertiary/aromatic N) is 2. The highest BCUT2D eigenvalue weighted by atomic mass is 32.1. The van der Waals surface area contributed by atoms with Gasteiger partial charge in [0.2, 0.25) is 0 Å². The molecule has 1 saturated heterocycles. The number of thiophene rings is 1. The first kappa shape index (κ1) is 118. The molecule has 1 aliphatic heterocycles. The Hall–Kier alpha value is -4.52. The van der Waals surface area contributed by atoms with Gasteiger partial charge in [0.25, 0.3) is 5.69 Å². The Morgan fingerprint density at radius 2 is 0.785 bits per heavy atom. The highest BCUT2D eigenvalue weighted by Gasteiger charge is 2.29. The number of nitro groups is 1. The van der Waals surface area contributed by atoms with Crippen LogP contribution in [-0.2, 0) is 27.1 Å². The first-order valence-electron chi connectivity index (χ1n) is 42.9. The van der Waals surface area contributed by atoms with Gasteiger partial charge >= 0.3 is 0 Å². The van der Waals surface area contributed by atoms with Gasteiger partial charge in [-0.25, -0.2) is 0 Å². The van der Waals surface area contributed by atoms with Gasteiger partial charge in [0, 0.05) is 26.9 Å². The number of benzene rings is 4. The third-order valence-electron chi connectivity index (χ3n) is 18.2. The number of allylic oxidation sites excluding steroid dienone is 2. The molecule has 2 aliphatic carbocycles. The van der Waals surface area contributed by atoms with E-state index in [0.29, 0.717) is 27.5 Å². The largest absolute Gasteiger partial charge is 0.508 e. The second-order valence-electron chi connectivity index (χ2n) is 35.7. The minimum Gasteiger partial charge on any atom is -0.508 e. The van der Waals surface area contributed by atoms with Crippen LogP contribution in [0.1, 0.15) is 410 Å².